The SMILES string of the molecule is CCC1=C(C2([SiH](C)C)C3CC4CC(C3)CC2(C([NH])=O)C4)C(C)C=C1. The summed E-state index contributed by atoms with van der Waals surface area (Å²) in [5.74, 6) is 2.35. The zero-order valence-corrected chi connectivity index (χ0v) is 16.8. The maximum absolute atomic E-state index is 12.9. The van der Waals surface area contributed by atoms with E-state index in [0.29, 0.717) is 23.7 Å². The summed E-state index contributed by atoms with van der Waals surface area (Å²) in [6.07, 6.45) is 11.8. The van der Waals surface area contributed by atoms with Gasteiger partial charge in [-0.1, -0.05) is 44.7 Å². The van der Waals surface area contributed by atoms with Gasteiger partial charge >= 0.3 is 0 Å². The molecule has 1 N–H and O–H groups in total. The van der Waals surface area contributed by atoms with Gasteiger partial charge in [-0.2, -0.15) is 0 Å². The molecule has 4 bridgehead atoms. The average molecular weight is 343 g/mol. The number of allylic oxidation sites excluding steroid dienone is 4. The molecule has 0 heterocycles. The van der Waals surface area contributed by atoms with E-state index >= 15 is 0 Å². The van der Waals surface area contributed by atoms with Crippen LogP contribution in [0.2, 0.25) is 18.1 Å². The summed E-state index contributed by atoms with van der Waals surface area (Å²) in [7, 11) is -1.18. The quantitative estimate of drug-likeness (QED) is 0.679. The van der Waals surface area contributed by atoms with E-state index in [0.717, 1.165) is 19.3 Å². The minimum atomic E-state index is -1.18. The van der Waals surface area contributed by atoms with Gasteiger partial charge in [-0.05, 0) is 67.8 Å². The van der Waals surface area contributed by atoms with Crippen LogP contribution in [0.15, 0.2) is 23.3 Å². The van der Waals surface area contributed by atoms with Crippen LogP contribution < -0.4 is 5.73 Å². The summed E-state index contributed by atoms with van der Waals surface area (Å²) >= 11 is 0. The van der Waals surface area contributed by atoms with Gasteiger partial charge in [-0.25, -0.2) is 0 Å². The van der Waals surface area contributed by atoms with Crippen LogP contribution in [0, 0.1) is 29.1 Å². The third-order valence-electron chi connectivity index (χ3n) is 8.17. The number of hydrogen-bond donors (Lipinski definition) is 0. The van der Waals surface area contributed by atoms with Crippen LogP contribution in [0.4, 0.5) is 0 Å². The summed E-state index contributed by atoms with van der Waals surface area (Å²) in [6, 6.07) is 0. The minimum absolute atomic E-state index is 0.0630. The van der Waals surface area contributed by atoms with Gasteiger partial charge in [0, 0.05) is 13.8 Å². The molecule has 5 aliphatic carbocycles. The molecule has 0 aromatic carbocycles. The zero-order valence-electron chi connectivity index (χ0n) is 15.7. The minimum Gasteiger partial charge on any atom is -0.273 e. The van der Waals surface area contributed by atoms with Gasteiger partial charge in [-0.15, -0.1) is 0 Å². The van der Waals surface area contributed by atoms with E-state index in [2.05, 4.69) is 39.1 Å². The molecule has 4 atom stereocenters. The van der Waals surface area contributed by atoms with Gasteiger partial charge < -0.3 is 0 Å². The van der Waals surface area contributed by atoms with Crippen LogP contribution in [0.5, 0.6) is 0 Å². The molecule has 2 nitrogen and oxygen atoms in total. The second kappa shape index (κ2) is 5.33. The summed E-state index contributed by atoms with van der Waals surface area (Å²) in [5.41, 5.74) is 11.2. The molecule has 4 fully saturated rings. The Kier molecular flexibility index (Phi) is 3.69. The third kappa shape index (κ3) is 1.80. The van der Waals surface area contributed by atoms with Gasteiger partial charge in [0.05, 0.1) is 5.41 Å². The Morgan fingerprint density at radius 1 is 1.25 bits per heavy atom. The van der Waals surface area contributed by atoms with E-state index < -0.39 is 8.80 Å². The second-order valence-electron chi connectivity index (χ2n) is 9.42. The number of hydrogen-bond acceptors (Lipinski definition) is 1. The Morgan fingerprint density at radius 3 is 2.38 bits per heavy atom. The van der Waals surface area contributed by atoms with Crippen molar-refractivity contribution in [3.8, 4) is 0 Å². The van der Waals surface area contributed by atoms with E-state index in [1.54, 1.807) is 5.57 Å². The van der Waals surface area contributed by atoms with Gasteiger partial charge in [0.1, 0.15) is 0 Å². The molecule has 5 aliphatic rings. The maximum atomic E-state index is 12.9. The monoisotopic (exact) mass is 342 g/mol. The summed E-state index contributed by atoms with van der Waals surface area (Å²) in [4.78, 5) is 12.9. The van der Waals surface area contributed by atoms with E-state index in [4.69, 9.17) is 5.73 Å². The van der Waals surface area contributed by atoms with Crippen molar-refractivity contribution in [2.45, 2.75) is 70.5 Å². The first kappa shape index (κ1) is 16.6. The fraction of sp³-hybridized carbons (Fsp3) is 0.762. The number of rotatable bonds is 4. The highest BCUT2D eigenvalue weighted by Gasteiger charge is 2.70. The van der Waals surface area contributed by atoms with Crippen molar-refractivity contribution in [1.82, 2.24) is 5.73 Å². The molecular formula is C21H32NOSi. The van der Waals surface area contributed by atoms with Crippen LogP contribution in [0.3, 0.4) is 0 Å². The van der Waals surface area contributed by atoms with Crippen LogP contribution in [0.25, 0.3) is 0 Å². The van der Waals surface area contributed by atoms with Crippen molar-refractivity contribution in [3.63, 3.8) is 0 Å². The highest BCUT2D eigenvalue weighted by Crippen LogP contribution is 2.77. The van der Waals surface area contributed by atoms with Gasteiger partial charge in [0.2, 0.25) is 5.91 Å². The molecule has 3 heteroatoms. The first-order chi connectivity index (χ1) is 11.4. The lowest BCUT2D eigenvalue weighted by atomic mass is 9.42. The smallest absolute Gasteiger partial charge is 0.245 e. The highest BCUT2D eigenvalue weighted by molar-refractivity contribution is 6.61. The Labute approximate surface area is 148 Å². The number of nitrogens with one attached hydrogen (secondary N) is 1. The van der Waals surface area contributed by atoms with Crippen LogP contribution >= 0.6 is 0 Å². The molecule has 4 unspecified atom stereocenters. The molecule has 0 aliphatic heterocycles. The molecule has 131 valence electrons. The zero-order chi connectivity index (χ0) is 17.3. The fourth-order valence-corrected chi connectivity index (χ4v) is 11.7. The Hall–Kier alpha value is -0.833. The summed E-state index contributed by atoms with van der Waals surface area (Å²) < 4.78 is 0. The molecular weight excluding hydrogens is 310 g/mol. The molecule has 5 rings (SSSR count). The van der Waals surface area contributed by atoms with Crippen molar-refractivity contribution in [3.05, 3.63) is 23.3 Å². The fourth-order valence-electron chi connectivity index (χ4n) is 7.94. The van der Waals surface area contributed by atoms with E-state index in [1.807, 2.05) is 0 Å². The maximum Gasteiger partial charge on any atom is 0.245 e. The van der Waals surface area contributed by atoms with Gasteiger partial charge in [0.15, 0.2) is 0 Å². The predicted octanol–water partition coefficient (Wildman–Crippen LogP) is 4.76. The number of carbonyl (C=O) groups is 1. The normalized spacial score (nSPS) is 46.4. The van der Waals surface area contributed by atoms with Crippen molar-refractivity contribution in [2.75, 3.05) is 0 Å². The largest absolute Gasteiger partial charge is 0.273 e. The Morgan fingerprint density at radius 2 is 1.88 bits per heavy atom. The summed E-state index contributed by atoms with van der Waals surface area (Å²) in [6.45, 7) is 9.54. The van der Waals surface area contributed by atoms with E-state index in [9.17, 15) is 4.79 Å². The molecule has 4 saturated carbocycles. The molecule has 1 radical (unpaired) electrons. The lowest BCUT2D eigenvalue weighted by molar-refractivity contribution is -0.151. The average Bonchev–Trinajstić information content (AvgIpc) is 2.88. The van der Waals surface area contributed by atoms with Crippen LogP contribution in [-0.2, 0) is 4.79 Å². The Balaban J connectivity index is 1.98. The summed E-state index contributed by atoms with van der Waals surface area (Å²) in [5, 5.41) is 0.0630. The third-order valence-corrected chi connectivity index (χ3v) is 11.3. The van der Waals surface area contributed by atoms with Crippen molar-refractivity contribution in [1.29, 1.82) is 0 Å². The van der Waals surface area contributed by atoms with Crippen LogP contribution in [0.1, 0.15) is 52.4 Å². The lowest BCUT2D eigenvalue weighted by Gasteiger charge is -2.69. The first-order valence-electron chi connectivity index (χ1n) is 10.0. The van der Waals surface area contributed by atoms with Gasteiger partial charge in [0.25, 0.3) is 0 Å². The van der Waals surface area contributed by atoms with Crippen molar-refractivity contribution >= 4 is 14.7 Å². The van der Waals surface area contributed by atoms with Crippen molar-refractivity contribution in [2.24, 2.45) is 29.1 Å². The number of amides is 1. The molecule has 1 amide bonds. The molecule has 0 aromatic heterocycles. The van der Waals surface area contributed by atoms with Crippen molar-refractivity contribution < 1.29 is 4.79 Å². The molecule has 0 spiro atoms. The lowest BCUT2D eigenvalue weighted by Crippen LogP contribution is -2.64. The standard InChI is InChI=1S/C21H32NOSi/c1-5-16-7-6-13(2)18(16)21(24(3)4)17-9-14-8-15(10-17)12-20(21,11-14)19(22)23/h6-7,13-15,17,22,24H,5,8-12H2,1-4H3. The number of carbonyl (C=O) groups excluding carboxylic acids is 1. The molecule has 0 aromatic rings. The molecule has 24 heavy (non-hydrogen) atoms. The predicted molar refractivity (Wildman–Crippen MR) is 101 cm³/mol. The van der Waals surface area contributed by atoms with Gasteiger partial charge in [-0.3, -0.25) is 10.5 Å². The van der Waals surface area contributed by atoms with E-state index in [1.165, 1.54) is 24.8 Å². The highest BCUT2D eigenvalue weighted by atomic mass is 28.3. The second-order valence-corrected chi connectivity index (χ2v) is 12.6. The topological polar surface area (TPSA) is 40.9 Å². The first-order valence-corrected chi connectivity index (χ1v) is 12.9. The van der Waals surface area contributed by atoms with Crippen LogP contribution in [-0.4, -0.2) is 14.7 Å². The molecule has 0 saturated heterocycles. The van der Waals surface area contributed by atoms with E-state index in [-0.39, 0.29) is 16.4 Å². The Bertz CT molecular complexity index is 620.